The molecular formula is C23H27N3O2. The molecule has 0 bridgehead atoms. The number of hydrogen-bond donors (Lipinski definition) is 2. The fourth-order valence-corrected chi connectivity index (χ4v) is 3.83. The number of rotatable bonds is 3. The molecule has 2 aliphatic rings. The quantitative estimate of drug-likeness (QED) is 0.828. The minimum absolute atomic E-state index is 0.0376. The van der Waals surface area contributed by atoms with Crippen molar-refractivity contribution in [3.8, 4) is 0 Å². The number of nitrogens with one attached hydrogen (secondary N) is 2. The highest BCUT2D eigenvalue weighted by Crippen LogP contribution is 2.35. The number of carbonyl (C=O) groups excluding carboxylic acids is 1. The van der Waals surface area contributed by atoms with Crippen LogP contribution in [0.5, 0.6) is 0 Å². The molecule has 1 spiro atoms. The topological polar surface area (TPSA) is 53.6 Å². The third kappa shape index (κ3) is 3.76. The van der Waals surface area contributed by atoms with Gasteiger partial charge in [-0.3, -0.25) is 10.3 Å². The average molecular weight is 377 g/mol. The highest BCUT2D eigenvalue weighted by atomic mass is 16.7. The van der Waals surface area contributed by atoms with Gasteiger partial charge < -0.3 is 10.2 Å². The van der Waals surface area contributed by atoms with Gasteiger partial charge in [-0.05, 0) is 36.6 Å². The van der Waals surface area contributed by atoms with Gasteiger partial charge in [-0.25, -0.2) is 4.79 Å². The maximum Gasteiger partial charge on any atom is 0.321 e. The molecular weight excluding hydrogens is 350 g/mol. The molecule has 0 aromatic heterocycles. The zero-order chi connectivity index (χ0) is 19.6. The molecule has 0 unspecified atom stereocenters. The van der Waals surface area contributed by atoms with Gasteiger partial charge in [-0.1, -0.05) is 55.0 Å². The molecule has 0 aliphatic carbocycles. The zero-order valence-corrected chi connectivity index (χ0v) is 16.5. The molecule has 2 N–H and O–H groups in total. The van der Waals surface area contributed by atoms with Crippen LogP contribution in [0, 0.1) is 6.92 Å². The highest BCUT2D eigenvalue weighted by molar-refractivity contribution is 5.90. The van der Waals surface area contributed by atoms with Crippen LogP contribution in [0.1, 0.15) is 36.5 Å². The summed E-state index contributed by atoms with van der Waals surface area (Å²) in [7, 11) is 0. The van der Waals surface area contributed by atoms with E-state index in [-0.39, 0.29) is 11.6 Å². The van der Waals surface area contributed by atoms with Crippen molar-refractivity contribution in [1.82, 2.24) is 10.4 Å². The summed E-state index contributed by atoms with van der Waals surface area (Å²) in [6.07, 6.45) is 4.63. The van der Waals surface area contributed by atoms with Gasteiger partial charge in [0.15, 0.2) is 0 Å². The van der Waals surface area contributed by atoms with Crippen molar-refractivity contribution in [1.29, 1.82) is 0 Å². The molecule has 0 atom stereocenters. The molecule has 2 aliphatic heterocycles. The normalized spacial score (nSPS) is 17.9. The Morgan fingerprint density at radius 2 is 1.86 bits per heavy atom. The fraction of sp³-hybridized carbons (Fsp3) is 0.348. The van der Waals surface area contributed by atoms with Crippen molar-refractivity contribution in [3.05, 3.63) is 71.3 Å². The van der Waals surface area contributed by atoms with Crippen LogP contribution in [0.2, 0.25) is 0 Å². The number of piperidine rings is 1. The number of aryl methyl sites for hydroxylation is 2. The summed E-state index contributed by atoms with van der Waals surface area (Å²) >= 11 is 0. The number of anilines is 1. The molecule has 2 heterocycles. The van der Waals surface area contributed by atoms with Crippen LogP contribution in [0.25, 0.3) is 5.70 Å². The van der Waals surface area contributed by atoms with Gasteiger partial charge in [-0.2, -0.15) is 0 Å². The fourth-order valence-electron chi connectivity index (χ4n) is 3.83. The molecule has 146 valence electrons. The molecule has 2 amide bonds. The molecule has 0 radical (unpaired) electrons. The van der Waals surface area contributed by atoms with Crippen molar-refractivity contribution in [3.63, 3.8) is 0 Å². The van der Waals surface area contributed by atoms with Gasteiger partial charge >= 0.3 is 6.03 Å². The largest absolute Gasteiger partial charge is 0.324 e. The van der Waals surface area contributed by atoms with Crippen molar-refractivity contribution < 1.29 is 9.63 Å². The maximum absolute atomic E-state index is 12.7. The van der Waals surface area contributed by atoms with E-state index in [9.17, 15) is 4.79 Å². The van der Waals surface area contributed by atoms with Crippen molar-refractivity contribution >= 4 is 17.4 Å². The Morgan fingerprint density at radius 3 is 2.57 bits per heavy atom. The first kappa shape index (κ1) is 18.6. The summed E-state index contributed by atoms with van der Waals surface area (Å²) in [5.41, 5.74) is 8.18. The summed E-state index contributed by atoms with van der Waals surface area (Å²) in [5.74, 6) is 0. The highest BCUT2D eigenvalue weighted by Gasteiger charge is 2.39. The summed E-state index contributed by atoms with van der Waals surface area (Å²) < 4.78 is 0. The second-order valence-electron chi connectivity index (χ2n) is 7.62. The number of hydroxylamine groups is 1. The molecule has 4 rings (SSSR count). The maximum atomic E-state index is 12.7. The third-order valence-electron chi connectivity index (χ3n) is 5.67. The lowest BCUT2D eigenvalue weighted by Crippen LogP contribution is -2.48. The molecule has 5 nitrogen and oxygen atoms in total. The van der Waals surface area contributed by atoms with Gasteiger partial charge in [0, 0.05) is 31.6 Å². The lowest BCUT2D eigenvalue weighted by Gasteiger charge is -2.36. The van der Waals surface area contributed by atoms with Crippen LogP contribution in [0.4, 0.5) is 10.5 Å². The monoisotopic (exact) mass is 377 g/mol. The minimum atomic E-state index is -0.335. The van der Waals surface area contributed by atoms with Gasteiger partial charge in [0.25, 0.3) is 0 Å². The zero-order valence-electron chi connectivity index (χ0n) is 16.5. The Balaban J connectivity index is 1.39. The van der Waals surface area contributed by atoms with E-state index in [4.69, 9.17) is 4.84 Å². The first-order chi connectivity index (χ1) is 13.6. The van der Waals surface area contributed by atoms with Gasteiger partial charge in [0.2, 0.25) is 0 Å². The molecule has 28 heavy (non-hydrogen) atoms. The third-order valence-corrected chi connectivity index (χ3v) is 5.67. The lowest BCUT2D eigenvalue weighted by molar-refractivity contribution is -0.0634. The predicted molar refractivity (Wildman–Crippen MR) is 112 cm³/mol. The summed E-state index contributed by atoms with van der Waals surface area (Å²) in [6.45, 7) is 5.51. The average Bonchev–Trinajstić information content (AvgIpc) is 3.13. The number of para-hydroxylation sites is 1. The standard InChI is InChI=1S/C23H27N3O2/c1-3-18-6-4-5-7-20(18)24-22(27)26-14-12-23(13-15-26)16-21(25-28-23)19-10-8-17(2)9-11-19/h4-11,16,25H,3,12-15H2,1-2H3,(H,24,27). The minimum Gasteiger partial charge on any atom is -0.324 e. The van der Waals surface area contributed by atoms with Gasteiger partial charge in [0.1, 0.15) is 5.60 Å². The van der Waals surface area contributed by atoms with Crippen LogP contribution in [0.3, 0.4) is 0 Å². The first-order valence-electron chi connectivity index (χ1n) is 9.96. The summed E-state index contributed by atoms with van der Waals surface area (Å²) in [5, 5.41) is 3.07. The number of carbonyl (C=O) groups is 1. The Hall–Kier alpha value is -2.79. The van der Waals surface area contributed by atoms with Crippen LogP contribution in [0.15, 0.2) is 54.6 Å². The Morgan fingerprint density at radius 1 is 1.14 bits per heavy atom. The van der Waals surface area contributed by atoms with E-state index in [1.807, 2.05) is 23.1 Å². The second-order valence-corrected chi connectivity index (χ2v) is 7.62. The summed E-state index contributed by atoms with van der Waals surface area (Å²) in [6, 6.07) is 16.3. The van der Waals surface area contributed by atoms with Crippen LogP contribution >= 0.6 is 0 Å². The lowest BCUT2D eigenvalue weighted by atomic mass is 9.90. The molecule has 1 fully saturated rings. The van der Waals surface area contributed by atoms with E-state index in [0.717, 1.165) is 41.8 Å². The smallest absolute Gasteiger partial charge is 0.321 e. The SMILES string of the molecule is CCc1ccccc1NC(=O)N1CCC2(C=C(c3ccc(C)cc3)NO2)CC1. The van der Waals surface area contributed by atoms with Gasteiger partial charge in [-0.15, -0.1) is 0 Å². The Bertz CT molecular complexity index is 881. The molecule has 1 saturated heterocycles. The van der Waals surface area contributed by atoms with E-state index in [2.05, 4.69) is 61.1 Å². The van der Waals surface area contributed by atoms with Crippen molar-refractivity contribution in [2.45, 2.75) is 38.7 Å². The Kier molecular flexibility index (Phi) is 5.09. The van der Waals surface area contributed by atoms with E-state index >= 15 is 0 Å². The summed E-state index contributed by atoms with van der Waals surface area (Å²) in [4.78, 5) is 20.5. The second kappa shape index (κ2) is 7.68. The first-order valence-corrected chi connectivity index (χ1v) is 9.96. The number of nitrogens with zero attached hydrogens (tertiary/aromatic N) is 1. The van der Waals surface area contributed by atoms with Crippen molar-refractivity contribution in [2.24, 2.45) is 0 Å². The van der Waals surface area contributed by atoms with Crippen LogP contribution in [-0.2, 0) is 11.3 Å². The number of hydrogen-bond acceptors (Lipinski definition) is 3. The number of benzene rings is 2. The molecule has 2 aromatic carbocycles. The molecule has 5 heteroatoms. The molecule has 2 aromatic rings. The van der Waals surface area contributed by atoms with Crippen LogP contribution in [-0.4, -0.2) is 29.6 Å². The number of amides is 2. The van der Waals surface area contributed by atoms with Crippen molar-refractivity contribution in [2.75, 3.05) is 18.4 Å². The van der Waals surface area contributed by atoms with E-state index in [0.29, 0.717) is 13.1 Å². The molecule has 0 saturated carbocycles. The van der Waals surface area contributed by atoms with E-state index < -0.39 is 0 Å². The van der Waals surface area contributed by atoms with Gasteiger partial charge in [0.05, 0.1) is 5.70 Å². The van der Waals surface area contributed by atoms with Crippen LogP contribution < -0.4 is 10.8 Å². The Labute approximate surface area is 166 Å². The van der Waals surface area contributed by atoms with E-state index in [1.165, 1.54) is 5.56 Å². The predicted octanol–water partition coefficient (Wildman–Crippen LogP) is 4.50. The number of urea groups is 1. The van der Waals surface area contributed by atoms with E-state index in [1.54, 1.807) is 0 Å². The number of likely N-dealkylation sites (tertiary alicyclic amines) is 1.